The zero-order valence-electron chi connectivity index (χ0n) is 22.2. The van der Waals surface area contributed by atoms with Gasteiger partial charge in [0.25, 0.3) is 0 Å². The quantitative estimate of drug-likeness (QED) is 0.486. The maximum absolute atomic E-state index is 13.8. The van der Waals surface area contributed by atoms with Crippen molar-refractivity contribution in [3.05, 3.63) is 65.6 Å². The SMILES string of the molecule is C=C(Cc1ncnc(N2C[C@@H](C)N(C(=O)OC(C)(C)C)C[C@@H]2C)c1/C(C)=C\C)c1cc(F)cc(F)c1. The molecule has 0 aliphatic carbocycles. The molecule has 1 aliphatic rings. The Morgan fingerprint density at radius 2 is 1.78 bits per heavy atom. The summed E-state index contributed by atoms with van der Waals surface area (Å²) in [5.74, 6) is -0.535. The summed E-state index contributed by atoms with van der Waals surface area (Å²) in [5.41, 5.74) is 2.95. The van der Waals surface area contributed by atoms with Gasteiger partial charge in [0.05, 0.1) is 5.69 Å². The van der Waals surface area contributed by atoms with Crippen LogP contribution in [0.25, 0.3) is 11.1 Å². The first-order valence-corrected chi connectivity index (χ1v) is 12.2. The number of hydrogen-bond donors (Lipinski definition) is 0. The number of ether oxygens (including phenoxy) is 1. The lowest BCUT2D eigenvalue weighted by molar-refractivity contribution is 0.0129. The number of amides is 1. The monoisotopic (exact) mass is 498 g/mol. The number of anilines is 1. The standard InChI is InChI=1S/C28H36F2N4O2/c1-9-17(2)25-24(10-18(3)21-11-22(29)13-23(30)12-21)31-16-32-26(25)33-14-20(5)34(15-19(33)4)27(35)36-28(6,7)8/h9,11-13,16,19-20H,3,10,14-15H2,1-2,4-8H3/b17-9-/t19-,20+/m0/s1. The molecule has 1 saturated heterocycles. The molecule has 36 heavy (non-hydrogen) atoms. The van der Waals surface area contributed by atoms with E-state index in [0.717, 1.165) is 28.7 Å². The second kappa shape index (κ2) is 10.8. The Balaban J connectivity index is 1.93. The van der Waals surface area contributed by atoms with Gasteiger partial charge in [-0.15, -0.1) is 0 Å². The Morgan fingerprint density at radius 1 is 1.14 bits per heavy atom. The largest absolute Gasteiger partial charge is 0.444 e. The van der Waals surface area contributed by atoms with Crippen molar-refractivity contribution < 1.29 is 18.3 Å². The van der Waals surface area contributed by atoms with Gasteiger partial charge in [0.15, 0.2) is 0 Å². The van der Waals surface area contributed by atoms with Crippen molar-refractivity contribution in [3.8, 4) is 0 Å². The first-order valence-electron chi connectivity index (χ1n) is 12.2. The van der Waals surface area contributed by atoms with E-state index in [1.807, 2.05) is 54.5 Å². The van der Waals surface area contributed by atoms with Crippen molar-refractivity contribution in [1.82, 2.24) is 14.9 Å². The van der Waals surface area contributed by atoms with Crippen LogP contribution in [0.3, 0.4) is 0 Å². The average molecular weight is 499 g/mol. The number of aromatic nitrogens is 2. The summed E-state index contributed by atoms with van der Waals surface area (Å²) in [4.78, 5) is 25.9. The first kappa shape index (κ1) is 27.3. The number of carbonyl (C=O) groups is 1. The van der Waals surface area contributed by atoms with E-state index in [1.165, 1.54) is 18.5 Å². The predicted octanol–water partition coefficient (Wildman–Crippen LogP) is 6.27. The van der Waals surface area contributed by atoms with Gasteiger partial charge in [-0.25, -0.2) is 23.5 Å². The van der Waals surface area contributed by atoms with Crippen LogP contribution in [0.1, 0.15) is 65.3 Å². The fourth-order valence-corrected chi connectivity index (χ4v) is 4.37. The lowest BCUT2D eigenvalue weighted by Gasteiger charge is -2.45. The van der Waals surface area contributed by atoms with Crippen LogP contribution in [-0.4, -0.2) is 51.7 Å². The summed E-state index contributed by atoms with van der Waals surface area (Å²) in [6.45, 7) is 18.7. The summed E-state index contributed by atoms with van der Waals surface area (Å²) in [7, 11) is 0. The number of rotatable bonds is 5. The molecule has 1 fully saturated rings. The van der Waals surface area contributed by atoms with E-state index in [2.05, 4.69) is 21.4 Å². The van der Waals surface area contributed by atoms with Crippen LogP contribution in [0, 0.1) is 11.6 Å². The molecule has 0 spiro atoms. The van der Waals surface area contributed by atoms with Crippen LogP contribution in [-0.2, 0) is 11.2 Å². The molecule has 194 valence electrons. The van der Waals surface area contributed by atoms with Crippen LogP contribution in [0.2, 0.25) is 0 Å². The summed E-state index contributed by atoms with van der Waals surface area (Å²) in [6, 6.07) is 3.26. The molecule has 2 heterocycles. The summed E-state index contributed by atoms with van der Waals surface area (Å²) in [5, 5.41) is 0. The molecule has 2 atom stereocenters. The van der Waals surface area contributed by atoms with Gasteiger partial charge >= 0.3 is 6.09 Å². The third kappa shape index (κ3) is 6.28. The number of hydrogen-bond acceptors (Lipinski definition) is 5. The van der Waals surface area contributed by atoms with Gasteiger partial charge in [-0.05, 0) is 77.3 Å². The number of carbonyl (C=O) groups excluding carboxylic acids is 1. The molecule has 0 N–H and O–H groups in total. The van der Waals surface area contributed by atoms with Gasteiger partial charge in [-0.2, -0.15) is 0 Å². The van der Waals surface area contributed by atoms with Crippen molar-refractivity contribution in [3.63, 3.8) is 0 Å². The highest BCUT2D eigenvalue weighted by Gasteiger charge is 2.36. The zero-order chi connectivity index (χ0) is 26.8. The smallest absolute Gasteiger partial charge is 0.410 e. The van der Waals surface area contributed by atoms with E-state index >= 15 is 0 Å². The van der Waals surface area contributed by atoms with Gasteiger partial charge < -0.3 is 14.5 Å². The molecule has 6 nitrogen and oxygen atoms in total. The highest BCUT2D eigenvalue weighted by Crippen LogP contribution is 2.33. The minimum atomic E-state index is -0.648. The predicted molar refractivity (Wildman–Crippen MR) is 140 cm³/mol. The van der Waals surface area contributed by atoms with Crippen molar-refractivity contribution in [2.45, 2.75) is 72.6 Å². The van der Waals surface area contributed by atoms with Gasteiger partial charge in [0.1, 0.15) is 29.4 Å². The number of allylic oxidation sites excluding steroid dienone is 3. The Morgan fingerprint density at radius 3 is 2.36 bits per heavy atom. The Labute approximate surface area is 212 Å². The highest BCUT2D eigenvalue weighted by molar-refractivity contribution is 5.78. The highest BCUT2D eigenvalue weighted by atomic mass is 19.1. The fraction of sp³-hybridized carbons (Fsp3) is 0.464. The van der Waals surface area contributed by atoms with Crippen LogP contribution < -0.4 is 4.90 Å². The topological polar surface area (TPSA) is 58.6 Å². The van der Waals surface area contributed by atoms with E-state index in [0.29, 0.717) is 30.6 Å². The summed E-state index contributed by atoms with van der Waals surface area (Å²) >= 11 is 0. The van der Waals surface area contributed by atoms with E-state index < -0.39 is 17.2 Å². The number of piperazine rings is 1. The molecule has 0 saturated carbocycles. The maximum atomic E-state index is 13.8. The normalized spacial score (nSPS) is 18.9. The Kier molecular flexibility index (Phi) is 8.16. The summed E-state index contributed by atoms with van der Waals surface area (Å²) < 4.78 is 33.2. The van der Waals surface area contributed by atoms with Crippen molar-refractivity contribution in [2.24, 2.45) is 0 Å². The van der Waals surface area contributed by atoms with E-state index in [1.54, 1.807) is 4.90 Å². The van der Waals surface area contributed by atoms with Crippen LogP contribution >= 0.6 is 0 Å². The van der Waals surface area contributed by atoms with Crippen LogP contribution in [0.4, 0.5) is 19.4 Å². The second-order valence-corrected chi connectivity index (χ2v) is 10.4. The fourth-order valence-electron chi connectivity index (χ4n) is 4.37. The molecule has 8 heteroatoms. The zero-order valence-corrected chi connectivity index (χ0v) is 22.2. The number of halogens is 2. The third-order valence-corrected chi connectivity index (χ3v) is 6.27. The molecule has 1 aliphatic heterocycles. The molecule has 1 amide bonds. The lowest BCUT2D eigenvalue weighted by atomic mass is 9.96. The van der Waals surface area contributed by atoms with E-state index in [-0.39, 0.29) is 18.2 Å². The Hall–Kier alpha value is -3.29. The van der Waals surface area contributed by atoms with Crippen LogP contribution in [0.15, 0.2) is 37.2 Å². The Bertz CT molecular complexity index is 1150. The lowest BCUT2D eigenvalue weighted by Crippen LogP contribution is -2.59. The molecule has 1 aromatic heterocycles. The third-order valence-electron chi connectivity index (χ3n) is 6.27. The number of benzene rings is 1. The van der Waals surface area contributed by atoms with E-state index in [9.17, 15) is 13.6 Å². The first-order chi connectivity index (χ1) is 16.8. The minimum absolute atomic E-state index is 0.0274. The molecule has 2 aromatic rings. The molecule has 0 unspecified atom stereocenters. The molecule has 0 radical (unpaired) electrons. The number of nitrogens with zero attached hydrogens (tertiary/aromatic N) is 4. The second-order valence-electron chi connectivity index (χ2n) is 10.4. The van der Waals surface area contributed by atoms with Gasteiger partial charge in [0, 0.05) is 43.2 Å². The van der Waals surface area contributed by atoms with Crippen molar-refractivity contribution >= 4 is 23.1 Å². The maximum Gasteiger partial charge on any atom is 0.410 e. The van der Waals surface area contributed by atoms with Gasteiger partial charge in [-0.1, -0.05) is 12.7 Å². The van der Waals surface area contributed by atoms with Crippen molar-refractivity contribution in [2.75, 3.05) is 18.0 Å². The van der Waals surface area contributed by atoms with Gasteiger partial charge in [0.2, 0.25) is 0 Å². The molecule has 0 bridgehead atoms. The van der Waals surface area contributed by atoms with E-state index in [4.69, 9.17) is 4.74 Å². The average Bonchev–Trinajstić information content (AvgIpc) is 2.77. The molecular weight excluding hydrogens is 462 g/mol. The van der Waals surface area contributed by atoms with Crippen molar-refractivity contribution in [1.29, 1.82) is 0 Å². The molecular formula is C28H36F2N4O2. The van der Waals surface area contributed by atoms with Crippen LogP contribution in [0.5, 0.6) is 0 Å². The molecule has 3 rings (SSSR count). The molecule has 1 aromatic carbocycles. The summed E-state index contributed by atoms with van der Waals surface area (Å²) in [6.07, 6.45) is 3.48. The minimum Gasteiger partial charge on any atom is -0.444 e. The van der Waals surface area contributed by atoms with Gasteiger partial charge in [-0.3, -0.25) is 0 Å².